The molecule has 1 saturated carbocycles. The van der Waals surface area contributed by atoms with E-state index in [9.17, 15) is 8.42 Å². The number of fused-ring (bicyclic) bond motifs is 1. The Balaban J connectivity index is 2.07. The zero-order valence-electron chi connectivity index (χ0n) is 9.52. The maximum absolute atomic E-state index is 11.9. The first-order valence-electron chi connectivity index (χ1n) is 6.04. The zero-order chi connectivity index (χ0) is 11.9. The van der Waals surface area contributed by atoms with E-state index in [1.165, 1.54) is 25.3 Å². The van der Waals surface area contributed by atoms with Crippen LogP contribution in [0.1, 0.15) is 37.7 Å². The van der Waals surface area contributed by atoms with E-state index in [2.05, 4.69) is 10.5 Å². The van der Waals surface area contributed by atoms with Gasteiger partial charge in [0.25, 0.3) is 10.0 Å². The summed E-state index contributed by atoms with van der Waals surface area (Å²) < 4.78 is 27.8. The second kappa shape index (κ2) is 3.95. The predicted molar refractivity (Wildman–Crippen MR) is 65.6 cm³/mol. The fourth-order valence-electron chi connectivity index (χ4n) is 2.74. The maximum atomic E-state index is 11.9. The summed E-state index contributed by atoms with van der Waals surface area (Å²) in [5.41, 5.74) is 1.59. The number of hydrogen-bond acceptors (Lipinski definition) is 2. The van der Waals surface area contributed by atoms with Crippen molar-refractivity contribution < 1.29 is 8.42 Å². The minimum Gasteiger partial charge on any atom is -0.199 e. The maximum Gasteiger partial charge on any atom is 0.283 e. The Hall–Kier alpha value is -1.16. The van der Waals surface area contributed by atoms with E-state index in [1.807, 2.05) is 6.07 Å². The molecule has 17 heavy (non-hydrogen) atoms. The zero-order valence-corrected chi connectivity index (χ0v) is 10.3. The lowest BCUT2D eigenvalue weighted by Gasteiger charge is -2.21. The van der Waals surface area contributed by atoms with Gasteiger partial charge in [0.15, 0.2) is 0 Å². The van der Waals surface area contributed by atoms with Crippen LogP contribution < -0.4 is 0 Å². The summed E-state index contributed by atoms with van der Waals surface area (Å²) in [7, 11) is -3.45. The summed E-state index contributed by atoms with van der Waals surface area (Å²) in [6.45, 7) is 0. The van der Waals surface area contributed by atoms with Crippen LogP contribution >= 0.6 is 0 Å². The second-order valence-corrected chi connectivity index (χ2v) is 6.28. The van der Waals surface area contributed by atoms with Crippen molar-refractivity contribution in [3.8, 4) is 0 Å². The van der Waals surface area contributed by atoms with Crippen LogP contribution in [-0.2, 0) is 10.0 Å². The average Bonchev–Trinajstić information content (AvgIpc) is 2.64. The van der Waals surface area contributed by atoms with Crippen molar-refractivity contribution >= 4 is 15.7 Å². The van der Waals surface area contributed by atoms with Gasteiger partial charge < -0.3 is 0 Å². The van der Waals surface area contributed by atoms with Gasteiger partial charge in [0, 0.05) is 11.5 Å². The Morgan fingerprint density at radius 3 is 2.76 bits per heavy atom. The lowest BCUT2D eigenvalue weighted by Crippen LogP contribution is -2.17. The van der Waals surface area contributed by atoms with Crippen LogP contribution in [0.2, 0.25) is 0 Å². The molecule has 1 aromatic rings. The predicted octanol–water partition coefficient (Wildman–Crippen LogP) is 2.56. The summed E-state index contributed by atoms with van der Waals surface area (Å²) >= 11 is 0. The molecule has 2 aliphatic rings. The van der Waals surface area contributed by atoms with Crippen LogP contribution in [0.4, 0.5) is 0 Å². The van der Waals surface area contributed by atoms with Gasteiger partial charge in [-0.15, -0.1) is 0 Å². The Morgan fingerprint density at radius 1 is 1.24 bits per heavy atom. The van der Waals surface area contributed by atoms with Crippen molar-refractivity contribution in [1.29, 1.82) is 0 Å². The van der Waals surface area contributed by atoms with Gasteiger partial charge in [-0.3, -0.25) is 0 Å². The Bertz CT molecular complexity index is 569. The average molecular weight is 248 g/mol. The van der Waals surface area contributed by atoms with E-state index < -0.39 is 10.0 Å². The highest BCUT2D eigenvalue weighted by molar-refractivity contribution is 7.90. The first-order valence-corrected chi connectivity index (χ1v) is 7.48. The van der Waals surface area contributed by atoms with Gasteiger partial charge in [0.1, 0.15) is 0 Å². The van der Waals surface area contributed by atoms with Crippen molar-refractivity contribution in [3.63, 3.8) is 0 Å². The van der Waals surface area contributed by atoms with Crippen molar-refractivity contribution in [2.45, 2.75) is 37.0 Å². The van der Waals surface area contributed by atoms with E-state index >= 15 is 0 Å². The Morgan fingerprint density at radius 2 is 2.00 bits per heavy atom. The molecular formula is C13H14NO2S. The van der Waals surface area contributed by atoms with Crippen molar-refractivity contribution in [1.82, 2.24) is 0 Å². The van der Waals surface area contributed by atoms with E-state index in [1.54, 1.807) is 6.07 Å². The van der Waals surface area contributed by atoms with Crippen LogP contribution in [-0.4, -0.2) is 14.1 Å². The molecule has 1 heterocycles. The summed E-state index contributed by atoms with van der Waals surface area (Å²) in [5, 5.41) is 0. The fourth-order valence-corrected chi connectivity index (χ4v) is 4.01. The van der Waals surface area contributed by atoms with Crippen molar-refractivity contribution in [3.05, 3.63) is 29.8 Å². The summed E-state index contributed by atoms with van der Waals surface area (Å²) in [6, 6.07) is 7.94. The smallest absolute Gasteiger partial charge is 0.199 e. The third-order valence-corrected chi connectivity index (χ3v) is 4.92. The fraction of sp³-hybridized carbons (Fsp3) is 0.462. The van der Waals surface area contributed by atoms with E-state index in [-0.39, 0.29) is 0 Å². The molecular weight excluding hydrogens is 234 g/mol. The van der Waals surface area contributed by atoms with Crippen LogP contribution in [0.3, 0.4) is 0 Å². The summed E-state index contributed by atoms with van der Waals surface area (Å²) in [4.78, 5) is 0.334. The molecule has 0 unspecified atom stereocenters. The summed E-state index contributed by atoms with van der Waals surface area (Å²) in [6.07, 6.45) is 5.74. The third-order valence-electron chi connectivity index (χ3n) is 3.59. The number of rotatable bonds is 1. The molecule has 3 rings (SSSR count). The summed E-state index contributed by atoms with van der Waals surface area (Å²) in [5.74, 6) is 0.321. The van der Waals surface area contributed by atoms with Crippen LogP contribution in [0, 0.1) is 12.0 Å². The number of sulfonamides is 1. The normalized spacial score (nSPS) is 23.2. The van der Waals surface area contributed by atoms with E-state index in [0.29, 0.717) is 10.8 Å². The molecule has 1 aromatic carbocycles. The molecule has 0 saturated heterocycles. The lowest BCUT2D eigenvalue weighted by molar-refractivity contribution is 0.440. The molecule has 3 nitrogen and oxygen atoms in total. The number of nitrogens with zero attached hydrogens (tertiary/aromatic N) is 1. The second-order valence-electron chi connectivity index (χ2n) is 4.71. The molecule has 0 amide bonds. The highest BCUT2D eigenvalue weighted by Gasteiger charge is 2.33. The standard InChI is InChI=1S/C13H14NO2S/c15-17(16)12-9-5-4-8-11(12)13(14-17)10-6-2-1-3-7-10/h4,8-10H,1-3,6-7H2. The SMILES string of the molecule is O=S1(=O)N=C(C2CCCCC2)c2cc[c]cc21. The molecule has 0 N–H and O–H groups in total. The highest BCUT2D eigenvalue weighted by atomic mass is 32.2. The van der Waals surface area contributed by atoms with Gasteiger partial charge >= 0.3 is 0 Å². The molecule has 0 atom stereocenters. The lowest BCUT2D eigenvalue weighted by atomic mass is 9.83. The molecule has 1 aliphatic carbocycles. The Kier molecular flexibility index (Phi) is 2.54. The molecule has 89 valence electrons. The monoisotopic (exact) mass is 248 g/mol. The van der Waals surface area contributed by atoms with Gasteiger partial charge in [0.2, 0.25) is 0 Å². The molecule has 1 fully saturated rings. The largest absolute Gasteiger partial charge is 0.283 e. The molecule has 1 radical (unpaired) electrons. The van der Waals surface area contributed by atoms with Gasteiger partial charge in [-0.05, 0) is 25.0 Å². The van der Waals surface area contributed by atoms with Gasteiger partial charge in [-0.25, -0.2) is 0 Å². The Labute approximate surface area is 102 Å². The van der Waals surface area contributed by atoms with Crippen LogP contribution in [0.5, 0.6) is 0 Å². The minimum atomic E-state index is -3.45. The molecule has 0 aromatic heterocycles. The van der Waals surface area contributed by atoms with Crippen molar-refractivity contribution in [2.75, 3.05) is 0 Å². The van der Waals surface area contributed by atoms with Gasteiger partial charge in [-0.2, -0.15) is 12.8 Å². The van der Waals surface area contributed by atoms with E-state index in [4.69, 9.17) is 0 Å². The van der Waals surface area contributed by atoms with Gasteiger partial charge in [-0.1, -0.05) is 31.4 Å². The van der Waals surface area contributed by atoms with Crippen LogP contribution in [0.25, 0.3) is 0 Å². The highest BCUT2D eigenvalue weighted by Crippen LogP contribution is 2.34. The molecule has 1 aliphatic heterocycles. The minimum absolute atomic E-state index is 0.321. The topological polar surface area (TPSA) is 46.5 Å². The molecule has 0 bridgehead atoms. The van der Waals surface area contributed by atoms with Crippen molar-refractivity contribution in [2.24, 2.45) is 10.3 Å². The molecule has 4 heteroatoms. The number of hydrogen-bond donors (Lipinski definition) is 0. The van der Waals surface area contributed by atoms with Crippen LogP contribution in [0.15, 0.2) is 27.5 Å². The third kappa shape index (κ3) is 1.80. The number of benzene rings is 1. The first-order chi connectivity index (χ1) is 8.18. The quantitative estimate of drug-likeness (QED) is 0.766. The molecule has 0 spiro atoms. The van der Waals surface area contributed by atoms with Gasteiger partial charge in [0.05, 0.1) is 10.6 Å². The first kappa shape index (κ1) is 11.0. The van der Waals surface area contributed by atoms with E-state index in [0.717, 1.165) is 24.1 Å².